The van der Waals surface area contributed by atoms with Crippen LogP contribution in [0, 0.1) is 5.82 Å². The van der Waals surface area contributed by atoms with E-state index in [-0.39, 0.29) is 27.8 Å². The second-order valence-electron chi connectivity index (χ2n) is 6.63. The van der Waals surface area contributed by atoms with Gasteiger partial charge in [0.05, 0.1) is 23.1 Å². The van der Waals surface area contributed by atoms with Gasteiger partial charge in [0, 0.05) is 11.8 Å². The molecule has 12 heteroatoms. The number of methoxy groups -OCH3 is 1. The summed E-state index contributed by atoms with van der Waals surface area (Å²) in [7, 11) is -2.83. The fourth-order valence-electron chi connectivity index (χ4n) is 2.76. The van der Waals surface area contributed by atoms with Gasteiger partial charge >= 0.3 is 6.18 Å². The maximum atomic E-state index is 14.0. The minimum Gasteiger partial charge on any atom is -0.494 e. The van der Waals surface area contributed by atoms with Crippen molar-refractivity contribution in [1.29, 1.82) is 0 Å². The number of nitrogens with one attached hydrogen (secondary N) is 1. The van der Waals surface area contributed by atoms with Crippen molar-refractivity contribution in [2.75, 3.05) is 12.4 Å². The zero-order valence-electron chi connectivity index (χ0n) is 16.8. The molecule has 0 heterocycles. The first-order chi connectivity index (χ1) is 15.4. The van der Waals surface area contributed by atoms with E-state index in [1.54, 1.807) is 0 Å². The molecule has 0 fully saturated rings. The summed E-state index contributed by atoms with van der Waals surface area (Å²) in [5, 5.41) is 7.36. The smallest absolute Gasteiger partial charge is 0.416 e. The lowest BCUT2D eigenvalue weighted by atomic mass is 10.1. The molecule has 3 aromatic rings. The molecule has 1 amide bonds. The first-order valence-electron chi connectivity index (χ1n) is 9.05. The molecule has 7 nitrogen and oxygen atoms in total. The Hall–Kier alpha value is -3.64. The van der Waals surface area contributed by atoms with Crippen LogP contribution in [0.1, 0.15) is 15.9 Å². The molecule has 0 spiro atoms. The molecule has 0 bridgehead atoms. The summed E-state index contributed by atoms with van der Waals surface area (Å²) in [6.07, 6.45) is -4.76. The lowest BCUT2D eigenvalue weighted by Crippen LogP contribution is -2.16. The first-order valence-corrected chi connectivity index (χ1v) is 10.6. The molecule has 0 aliphatic carbocycles. The Balaban J connectivity index is 1.99. The molecule has 33 heavy (non-hydrogen) atoms. The number of carbonyl (C=O) groups excluding carboxylic acids is 1. The maximum Gasteiger partial charge on any atom is 0.416 e. The Bertz CT molecular complexity index is 1310. The van der Waals surface area contributed by atoms with Crippen LogP contribution in [-0.2, 0) is 16.2 Å². The predicted molar refractivity (Wildman–Crippen MR) is 110 cm³/mol. The van der Waals surface area contributed by atoms with Crippen molar-refractivity contribution in [3.63, 3.8) is 0 Å². The molecule has 0 aromatic heterocycles. The Morgan fingerprint density at radius 3 is 2.30 bits per heavy atom. The van der Waals surface area contributed by atoms with Crippen molar-refractivity contribution in [3.8, 4) is 17.2 Å². The molecular formula is C21H16F4N2O5S. The van der Waals surface area contributed by atoms with Crippen LogP contribution < -0.4 is 19.9 Å². The molecule has 3 N–H and O–H groups in total. The van der Waals surface area contributed by atoms with Crippen LogP contribution in [0.2, 0.25) is 0 Å². The number of rotatable bonds is 6. The Morgan fingerprint density at radius 1 is 1.00 bits per heavy atom. The molecule has 0 atom stereocenters. The van der Waals surface area contributed by atoms with E-state index in [0.29, 0.717) is 12.1 Å². The van der Waals surface area contributed by atoms with E-state index < -0.39 is 39.1 Å². The second kappa shape index (κ2) is 9.08. The van der Waals surface area contributed by atoms with E-state index >= 15 is 0 Å². The van der Waals surface area contributed by atoms with Crippen LogP contribution in [-0.4, -0.2) is 21.4 Å². The zero-order chi connectivity index (χ0) is 24.4. The second-order valence-corrected chi connectivity index (χ2v) is 8.20. The normalized spacial score (nSPS) is 11.7. The number of halogens is 4. The van der Waals surface area contributed by atoms with Gasteiger partial charge in [0.2, 0.25) is 10.0 Å². The summed E-state index contributed by atoms with van der Waals surface area (Å²) in [6.45, 7) is 0. The highest BCUT2D eigenvalue weighted by atomic mass is 32.2. The summed E-state index contributed by atoms with van der Waals surface area (Å²) in [6, 6.07) is 10.5. The molecule has 0 unspecified atom stereocenters. The summed E-state index contributed by atoms with van der Waals surface area (Å²) in [5.41, 5.74) is -1.69. The van der Waals surface area contributed by atoms with Gasteiger partial charge in [-0.1, -0.05) is 6.07 Å². The summed E-state index contributed by atoms with van der Waals surface area (Å²) in [4.78, 5) is 12.5. The number of ether oxygens (including phenoxy) is 2. The fraction of sp³-hybridized carbons (Fsp3) is 0.0952. The highest BCUT2D eigenvalue weighted by Gasteiger charge is 2.32. The standard InChI is InChI=1S/C21H16F4N2O5S/c1-31-19-8-6-14(11-17(19)22)32-18-7-5-12(21(23,24)25)9-16(18)20(28)27-13-3-2-4-15(10-13)33(26,29)30/h2-11H,1H3,(H,27,28)(H2,26,29,30). The van der Waals surface area contributed by atoms with Gasteiger partial charge in [0.25, 0.3) is 5.91 Å². The van der Waals surface area contributed by atoms with E-state index in [4.69, 9.17) is 14.6 Å². The van der Waals surface area contributed by atoms with Gasteiger partial charge in [-0.3, -0.25) is 4.79 Å². The summed E-state index contributed by atoms with van der Waals surface area (Å²) >= 11 is 0. The van der Waals surface area contributed by atoms with Crippen molar-refractivity contribution in [3.05, 3.63) is 77.6 Å². The number of sulfonamides is 1. The van der Waals surface area contributed by atoms with Gasteiger partial charge in [-0.25, -0.2) is 17.9 Å². The molecule has 0 saturated heterocycles. The Labute approximate surface area is 185 Å². The average molecular weight is 484 g/mol. The third-order valence-electron chi connectivity index (χ3n) is 4.32. The first kappa shape index (κ1) is 24.0. The minimum atomic E-state index is -4.76. The number of nitrogens with two attached hydrogens (primary N) is 1. The number of primary sulfonamides is 1. The van der Waals surface area contributed by atoms with Gasteiger partial charge in [0.15, 0.2) is 11.6 Å². The van der Waals surface area contributed by atoms with Crippen molar-refractivity contribution < 1.29 is 40.2 Å². The van der Waals surface area contributed by atoms with Crippen LogP contribution >= 0.6 is 0 Å². The Kier molecular flexibility index (Phi) is 6.60. The third kappa shape index (κ3) is 5.79. The number of carbonyl (C=O) groups is 1. The summed E-state index contributed by atoms with van der Waals surface area (Å²) < 4.78 is 86.9. The lowest BCUT2D eigenvalue weighted by molar-refractivity contribution is -0.137. The topological polar surface area (TPSA) is 108 Å². The van der Waals surface area contributed by atoms with Crippen molar-refractivity contribution in [2.24, 2.45) is 5.14 Å². The van der Waals surface area contributed by atoms with E-state index in [0.717, 1.165) is 18.2 Å². The van der Waals surface area contributed by atoms with Gasteiger partial charge in [0.1, 0.15) is 11.5 Å². The van der Waals surface area contributed by atoms with Gasteiger partial charge in [-0.15, -0.1) is 0 Å². The Morgan fingerprint density at radius 2 is 1.70 bits per heavy atom. The van der Waals surface area contributed by atoms with E-state index in [1.165, 1.54) is 37.4 Å². The van der Waals surface area contributed by atoms with Crippen LogP contribution in [0.3, 0.4) is 0 Å². The minimum absolute atomic E-state index is 0.0367. The van der Waals surface area contributed by atoms with E-state index in [9.17, 15) is 30.8 Å². The molecule has 3 aromatic carbocycles. The summed E-state index contributed by atoms with van der Waals surface area (Å²) in [5.74, 6) is -2.29. The van der Waals surface area contributed by atoms with Crippen LogP contribution in [0.5, 0.6) is 17.2 Å². The highest BCUT2D eigenvalue weighted by Crippen LogP contribution is 2.35. The zero-order valence-corrected chi connectivity index (χ0v) is 17.6. The maximum absolute atomic E-state index is 14.0. The quantitative estimate of drug-likeness (QED) is 0.500. The number of hydrogen-bond donors (Lipinski definition) is 2. The van der Waals surface area contributed by atoms with E-state index in [1.807, 2.05) is 0 Å². The molecule has 3 rings (SSSR count). The van der Waals surface area contributed by atoms with Crippen LogP contribution in [0.4, 0.5) is 23.2 Å². The monoisotopic (exact) mass is 484 g/mol. The molecule has 0 radical (unpaired) electrons. The SMILES string of the molecule is COc1ccc(Oc2ccc(C(F)(F)F)cc2C(=O)Nc2cccc(S(N)(=O)=O)c2)cc1F. The van der Waals surface area contributed by atoms with Crippen LogP contribution in [0.25, 0.3) is 0 Å². The molecule has 0 aliphatic heterocycles. The number of alkyl halides is 3. The lowest BCUT2D eigenvalue weighted by Gasteiger charge is -2.15. The molecule has 0 aliphatic rings. The largest absolute Gasteiger partial charge is 0.494 e. The number of hydrogen-bond acceptors (Lipinski definition) is 5. The fourth-order valence-corrected chi connectivity index (χ4v) is 3.32. The molecule has 174 valence electrons. The third-order valence-corrected chi connectivity index (χ3v) is 5.23. The van der Waals surface area contributed by atoms with Gasteiger partial charge in [-0.2, -0.15) is 13.2 Å². The highest BCUT2D eigenvalue weighted by molar-refractivity contribution is 7.89. The van der Waals surface area contributed by atoms with Gasteiger partial charge < -0.3 is 14.8 Å². The predicted octanol–water partition coefficient (Wildman–Crippen LogP) is 4.55. The molecule has 0 saturated carbocycles. The van der Waals surface area contributed by atoms with Crippen LogP contribution in [0.15, 0.2) is 65.6 Å². The number of anilines is 1. The number of amides is 1. The average Bonchev–Trinajstić information content (AvgIpc) is 2.73. The van der Waals surface area contributed by atoms with E-state index in [2.05, 4.69) is 5.32 Å². The number of benzene rings is 3. The van der Waals surface area contributed by atoms with Crippen molar-refractivity contribution in [2.45, 2.75) is 11.1 Å². The van der Waals surface area contributed by atoms with Crippen molar-refractivity contribution in [1.82, 2.24) is 0 Å². The van der Waals surface area contributed by atoms with Gasteiger partial charge in [-0.05, 0) is 48.5 Å². The molecular weight excluding hydrogens is 468 g/mol. The van der Waals surface area contributed by atoms with Crippen molar-refractivity contribution >= 4 is 21.6 Å².